The molecular formula is C20H19ClN2O4S. The molecule has 0 radical (unpaired) electrons. The first-order valence-corrected chi connectivity index (χ1v) is 9.77. The summed E-state index contributed by atoms with van der Waals surface area (Å²) in [5.74, 6) is -0.193. The van der Waals surface area contributed by atoms with E-state index in [1.54, 1.807) is 16.7 Å². The molecule has 0 unspecified atom stereocenters. The van der Waals surface area contributed by atoms with Gasteiger partial charge in [-0.3, -0.25) is 9.59 Å². The second-order valence-electron chi connectivity index (χ2n) is 5.97. The van der Waals surface area contributed by atoms with E-state index in [4.69, 9.17) is 21.1 Å². The largest absolute Gasteiger partial charge is 0.495 e. The van der Waals surface area contributed by atoms with Crippen molar-refractivity contribution in [2.24, 2.45) is 4.99 Å². The number of amides is 1. The van der Waals surface area contributed by atoms with Crippen LogP contribution >= 0.6 is 22.9 Å². The van der Waals surface area contributed by atoms with Crippen molar-refractivity contribution in [2.75, 3.05) is 14.2 Å². The zero-order chi connectivity index (χ0) is 20.1. The molecular weight excluding hydrogens is 400 g/mol. The molecule has 0 aliphatic heterocycles. The third-order valence-corrected chi connectivity index (χ3v) is 5.70. The first kappa shape index (κ1) is 20.1. The standard InChI is InChI=1S/C20H19ClN2O4S/c1-26-15-10-9-14(21)19-18(15)23(12-17(25)27-2)20(28-19)22-16(24)11-8-13-6-4-3-5-7-13/h3-7,9-10H,8,11-12H2,1-2H3. The smallest absolute Gasteiger partial charge is 0.325 e. The highest BCUT2D eigenvalue weighted by molar-refractivity contribution is 7.17. The minimum Gasteiger partial charge on any atom is -0.495 e. The summed E-state index contributed by atoms with van der Waals surface area (Å²) >= 11 is 7.56. The fourth-order valence-corrected chi connectivity index (χ4v) is 4.11. The Hall–Kier alpha value is -2.64. The van der Waals surface area contributed by atoms with Crippen LogP contribution in [0.1, 0.15) is 12.0 Å². The summed E-state index contributed by atoms with van der Waals surface area (Å²) in [6.07, 6.45) is 0.858. The highest BCUT2D eigenvalue weighted by Gasteiger charge is 2.17. The van der Waals surface area contributed by atoms with Gasteiger partial charge in [0.15, 0.2) is 4.80 Å². The predicted molar refractivity (Wildman–Crippen MR) is 109 cm³/mol. The van der Waals surface area contributed by atoms with E-state index in [9.17, 15) is 9.59 Å². The molecule has 1 amide bonds. The lowest BCUT2D eigenvalue weighted by molar-refractivity contribution is -0.141. The summed E-state index contributed by atoms with van der Waals surface area (Å²) in [4.78, 5) is 29.0. The molecule has 0 saturated carbocycles. The number of hydrogen-bond donors (Lipinski definition) is 0. The van der Waals surface area contributed by atoms with Crippen LogP contribution < -0.4 is 9.54 Å². The van der Waals surface area contributed by atoms with Crippen LogP contribution in [0.25, 0.3) is 10.2 Å². The van der Waals surface area contributed by atoms with Gasteiger partial charge < -0.3 is 14.0 Å². The average Bonchev–Trinajstić information content (AvgIpc) is 3.06. The number of rotatable bonds is 6. The maximum atomic E-state index is 12.5. The molecule has 8 heteroatoms. The molecule has 3 aromatic rings. The molecule has 3 rings (SSSR count). The van der Waals surface area contributed by atoms with E-state index in [1.807, 2.05) is 30.3 Å². The molecule has 0 saturated heterocycles. The fourth-order valence-electron chi connectivity index (χ4n) is 2.77. The molecule has 0 spiro atoms. The van der Waals surface area contributed by atoms with Crippen LogP contribution in [0.15, 0.2) is 47.5 Å². The van der Waals surface area contributed by atoms with Crippen molar-refractivity contribution in [3.8, 4) is 5.75 Å². The summed E-state index contributed by atoms with van der Waals surface area (Å²) in [5.41, 5.74) is 1.68. The Morgan fingerprint density at radius 2 is 1.89 bits per heavy atom. The van der Waals surface area contributed by atoms with E-state index >= 15 is 0 Å². The SMILES string of the molecule is COC(=O)Cn1c(=NC(=O)CCc2ccccc2)sc2c(Cl)ccc(OC)c21. The minimum absolute atomic E-state index is 0.0992. The number of carbonyl (C=O) groups excluding carboxylic acids is 2. The Labute approximate surface area is 171 Å². The van der Waals surface area contributed by atoms with Gasteiger partial charge in [0.2, 0.25) is 5.91 Å². The third kappa shape index (κ3) is 4.43. The van der Waals surface area contributed by atoms with E-state index in [1.165, 1.54) is 25.6 Å². The van der Waals surface area contributed by atoms with Crippen LogP contribution in [0, 0.1) is 0 Å². The number of ether oxygens (including phenoxy) is 2. The van der Waals surface area contributed by atoms with Crippen LogP contribution in [-0.2, 0) is 27.3 Å². The minimum atomic E-state index is -0.458. The van der Waals surface area contributed by atoms with Crippen molar-refractivity contribution in [3.63, 3.8) is 0 Å². The van der Waals surface area contributed by atoms with Crippen molar-refractivity contribution < 1.29 is 19.1 Å². The number of aromatic nitrogens is 1. The summed E-state index contributed by atoms with van der Waals surface area (Å²) in [7, 11) is 2.84. The number of benzene rings is 2. The molecule has 0 bridgehead atoms. The Morgan fingerprint density at radius 3 is 2.57 bits per heavy atom. The normalized spacial score (nSPS) is 11.6. The van der Waals surface area contributed by atoms with Crippen LogP contribution in [0.3, 0.4) is 0 Å². The number of aryl methyl sites for hydroxylation is 1. The zero-order valence-electron chi connectivity index (χ0n) is 15.5. The summed E-state index contributed by atoms with van der Waals surface area (Å²) < 4.78 is 12.5. The first-order chi connectivity index (χ1) is 13.5. The van der Waals surface area contributed by atoms with E-state index in [2.05, 4.69) is 4.99 Å². The fraction of sp³-hybridized carbons (Fsp3) is 0.250. The Balaban J connectivity index is 2.02. The van der Waals surface area contributed by atoms with E-state index in [-0.39, 0.29) is 18.9 Å². The zero-order valence-corrected chi connectivity index (χ0v) is 17.0. The van der Waals surface area contributed by atoms with E-state index < -0.39 is 5.97 Å². The number of nitrogens with zero attached hydrogens (tertiary/aromatic N) is 2. The Kier molecular flexibility index (Phi) is 6.49. The van der Waals surface area contributed by atoms with Gasteiger partial charge in [-0.15, -0.1) is 0 Å². The van der Waals surface area contributed by atoms with Gasteiger partial charge in [0, 0.05) is 6.42 Å². The van der Waals surface area contributed by atoms with Gasteiger partial charge in [-0.05, 0) is 24.1 Å². The molecule has 0 aliphatic carbocycles. The summed E-state index contributed by atoms with van der Waals surface area (Å²) in [5, 5.41) is 0.498. The molecule has 1 heterocycles. The van der Waals surface area contributed by atoms with Gasteiger partial charge in [0.25, 0.3) is 0 Å². The Morgan fingerprint density at radius 1 is 1.14 bits per heavy atom. The van der Waals surface area contributed by atoms with Crippen molar-refractivity contribution >= 4 is 45.0 Å². The lowest BCUT2D eigenvalue weighted by Gasteiger charge is -2.08. The molecule has 28 heavy (non-hydrogen) atoms. The van der Waals surface area contributed by atoms with Crippen LogP contribution in [-0.4, -0.2) is 30.7 Å². The molecule has 0 N–H and O–H groups in total. The first-order valence-electron chi connectivity index (χ1n) is 8.57. The van der Waals surface area contributed by atoms with Gasteiger partial charge >= 0.3 is 5.97 Å². The van der Waals surface area contributed by atoms with Crippen molar-refractivity contribution in [1.82, 2.24) is 4.57 Å². The van der Waals surface area contributed by atoms with Crippen molar-refractivity contribution in [1.29, 1.82) is 0 Å². The number of fused-ring (bicyclic) bond motifs is 1. The maximum absolute atomic E-state index is 12.5. The molecule has 1 aromatic heterocycles. The summed E-state index contributed by atoms with van der Waals surface area (Å²) in [6, 6.07) is 13.2. The number of halogens is 1. The second-order valence-corrected chi connectivity index (χ2v) is 7.35. The van der Waals surface area contributed by atoms with Gasteiger partial charge in [0.1, 0.15) is 17.8 Å². The van der Waals surface area contributed by atoms with Gasteiger partial charge in [-0.1, -0.05) is 53.3 Å². The van der Waals surface area contributed by atoms with Gasteiger partial charge in [0.05, 0.1) is 23.9 Å². The topological polar surface area (TPSA) is 69.9 Å². The van der Waals surface area contributed by atoms with Gasteiger partial charge in [-0.2, -0.15) is 4.99 Å². The molecule has 0 aliphatic rings. The lowest BCUT2D eigenvalue weighted by atomic mass is 10.1. The highest BCUT2D eigenvalue weighted by Crippen LogP contribution is 2.33. The molecule has 2 aromatic carbocycles. The predicted octanol–water partition coefficient (Wildman–Crippen LogP) is 3.60. The third-order valence-electron chi connectivity index (χ3n) is 4.17. The van der Waals surface area contributed by atoms with Gasteiger partial charge in [-0.25, -0.2) is 0 Å². The van der Waals surface area contributed by atoms with Crippen LogP contribution in [0.5, 0.6) is 5.75 Å². The Bertz CT molecular complexity index is 1070. The number of hydrogen-bond acceptors (Lipinski definition) is 5. The molecule has 0 fully saturated rings. The average molecular weight is 419 g/mol. The van der Waals surface area contributed by atoms with E-state index in [0.29, 0.717) is 32.2 Å². The van der Waals surface area contributed by atoms with Crippen molar-refractivity contribution in [2.45, 2.75) is 19.4 Å². The van der Waals surface area contributed by atoms with E-state index in [0.717, 1.165) is 5.56 Å². The summed E-state index contributed by atoms with van der Waals surface area (Å²) in [6.45, 7) is -0.0992. The van der Waals surface area contributed by atoms with Crippen LogP contribution in [0.2, 0.25) is 5.02 Å². The monoisotopic (exact) mass is 418 g/mol. The maximum Gasteiger partial charge on any atom is 0.325 e. The lowest BCUT2D eigenvalue weighted by Crippen LogP contribution is -2.22. The number of methoxy groups -OCH3 is 2. The quantitative estimate of drug-likeness (QED) is 0.573. The number of carbonyl (C=O) groups is 2. The second kappa shape index (κ2) is 9.03. The molecule has 146 valence electrons. The van der Waals surface area contributed by atoms with Crippen molar-refractivity contribution in [3.05, 3.63) is 57.9 Å². The number of thiazole rings is 1. The number of esters is 1. The molecule has 6 nitrogen and oxygen atoms in total. The highest BCUT2D eigenvalue weighted by atomic mass is 35.5. The van der Waals surface area contributed by atoms with Crippen LogP contribution in [0.4, 0.5) is 0 Å². The molecule has 0 atom stereocenters.